The smallest absolute Gasteiger partial charge is 0.152 e. The Labute approximate surface area is 125 Å². The van der Waals surface area contributed by atoms with Crippen molar-refractivity contribution in [1.29, 1.82) is 0 Å². The molecule has 6 heteroatoms. The molecule has 1 aromatic rings. The standard InChI is InChI=1S/C14H20ClNO3S/c1-2-20(17,18)10-14-8-16-13(9-19-14)7-11-3-5-12(15)6-4-11/h3-6,13-14,16H,2,7-10H2,1H3. The van der Waals surface area contributed by atoms with Gasteiger partial charge < -0.3 is 10.1 Å². The molecule has 1 aliphatic rings. The highest BCUT2D eigenvalue weighted by molar-refractivity contribution is 7.91. The Morgan fingerprint density at radius 2 is 2.05 bits per heavy atom. The van der Waals surface area contributed by atoms with Crippen LogP contribution in [0.3, 0.4) is 0 Å². The van der Waals surface area contributed by atoms with Crippen molar-refractivity contribution in [2.45, 2.75) is 25.5 Å². The fourth-order valence-electron chi connectivity index (χ4n) is 2.21. The van der Waals surface area contributed by atoms with E-state index in [9.17, 15) is 8.42 Å². The zero-order valence-electron chi connectivity index (χ0n) is 11.5. The molecule has 1 aromatic carbocycles. The van der Waals surface area contributed by atoms with Gasteiger partial charge in [0, 0.05) is 23.4 Å². The minimum absolute atomic E-state index is 0.101. The van der Waals surface area contributed by atoms with E-state index in [1.165, 1.54) is 5.56 Å². The quantitative estimate of drug-likeness (QED) is 0.897. The Bertz CT molecular complexity index is 522. The molecule has 0 spiro atoms. The van der Waals surface area contributed by atoms with Gasteiger partial charge in [-0.05, 0) is 24.1 Å². The van der Waals surface area contributed by atoms with Gasteiger partial charge in [0.25, 0.3) is 0 Å². The normalized spacial score (nSPS) is 23.7. The van der Waals surface area contributed by atoms with Gasteiger partial charge in [-0.15, -0.1) is 0 Å². The fourth-order valence-corrected chi connectivity index (χ4v) is 3.35. The second-order valence-electron chi connectivity index (χ2n) is 5.09. The summed E-state index contributed by atoms with van der Waals surface area (Å²) in [6.45, 7) is 2.78. The van der Waals surface area contributed by atoms with Crippen molar-refractivity contribution in [3.05, 3.63) is 34.9 Å². The third-order valence-electron chi connectivity index (χ3n) is 3.44. The molecule has 1 N–H and O–H groups in total. The van der Waals surface area contributed by atoms with E-state index in [1.807, 2.05) is 24.3 Å². The summed E-state index contributed by atoms with van der Waals surface area (Å²) in [5, 5.41) is 4.08. The average molecular weight is 318 g/mol. The molecule has 20 heavy (non-hydrogen) atoms. The first kappa shape index (κ1) is 15.8. The van der Waals surface area contributed by atoms with E-state index >= 15 is 0 Å². The molecular formula is C14H20ClNO3S. The third kappa shape index (κ3) is 4.74. The molecule has 2 rings (SSSR count). The number of hydrogen-bond acceptors (Lipinski definition) is 4. The monoisotopic (exact) mass is 317 g/mol. The maximum absolute atomic E-state index is 11.6. The van der Waals surface area contributed by atoms with E-state index in [1.54, 1.807) is 6.92 Å². The summed E-state index contributed by atoms with van der Waals surface area (Å²) in [4.78, 5) is 0. The molecule has 2 atom stereocenters. The minimum Gasteiger partial charge on any atom is -0.374 e. The van der Waals surface area contributed by atoms with Crippen molar-refractivity contribution < 1.29 is 13.2 Å². The van der Waals surface area contributed by atoms with Gasteiger partial charge >= 0.3 is 0 Å². The Balaban J connectivity index is 1.81. The predicted molar refractivity (Wildman–Crippen MR) is 81.0 cm³/mol. The highest BCUT2D eigenvalue weighted by Crippen LogP contribution is 2.13. The van der Waals surface area contributed by atoms with Crippen LogP contribution in [0.25, 0.3) is 0 Å². The number of hydrogen-bond donors (Lipinski definition) is 1. The van der Waals surface area contributed by atoms with E-state index < -0.39 is 9.84 Å². The summed E-state index contributed by atoms with van der Waals surface area (Å²) in [5.74, 6) is 0.269. The average Bonchev–Trinajstić information content (AvgIpc) is 2.43. The summed E-state index contributed by atoms with van der Waals surface area (Å²) in [6.07, 6.45) is 0.617. The maximum Gasteiger partial charge on any atom is 0.152 e. The van der Waals surface area contributed by atoms with Crippen molar-refractivity contribution >= 4 is 21.4 Å². The van der Waals surface area contributed by atoms with Crippen LogP contribution in [0.1, 0.15) is 12.5 Å². The summed E-state index contributed by atoms with van der Waals surface area (Å²) < 4.78 is 28.8. The van der Waals surface area contributed by atoms with Gasteiger partial charge in [0.2, 0.25) is 0 Å². The van der Waals surface area contributed by atoms with E-state index in [4.69, 9.17) is 16.3 Å². The molecule has 0 amide bonds. The van der Waals surface area contributed by atoms with Gasteiger partial charge in [-0.25, -0.2) is 8.42 Å². The summed E-state index contributed by atoms with van der Waals surface area (Å²) in [5.41, 5.74) is 1.19. The van der Waals surface area contributed by atoms with Crippen molar-refractivity contribution in [1.82, 2.24) is 5.32 Å². The van der Waals surface area contributed by atoms with Crippen LogP contribution in [-0.2, 0) is 21.0 Å². The molecule has 0 aliphatic carbocycles. The number of sulfone groups is 1. The lowest BCUT2D eigenvalue weighted by atomic mass is 10.1. The number of rotatable bonds is 5. The van der Waals surface area contributed by atoms with Crippen LogP contribution in [0.4, 0.5) is 0 Å². The van der Waals surface area contributed by atoms with Crippen molar-refractivity contribution in [2.75, 3.05) is 24.7 Å². The maximum atomic E-state index is 11.6. The van der Waals surface area contributed by atoms with Crippen molar-refractivity contribution in [3.63, 3.8) is 0 Å². The van der Waals surface area contributed by atoms with Crippen LogP contribution in [0.5, 0.6) is 0 Å². The summed E-state index contributed by atoms with van der Waals surface area (Å²) in [6, 6.07) is 7.96. The topological polar surface area (TPSA) is 55.4 Å². The molecule has 0 aromatic heterocycles. The summed E-state index contributed by atoms with van der Waals surface area (Å²) in [7, 11) is -2.98. The Morgan fingerprint density at radius 3 is 2.60 bits per heavy atom. The van der Waals surface area contributed by atoms with Gasteiger partial charge in [0.15, 0.2) is 9.84 Å². The molecule has 2 unspecified atom stereocenters. The number of morpholine rings is 1. The molecule has 4 nitrogen and oxygen atoms in total. The van der Waals surface area contributed by atoms with Gasteiger partial charge in [-0.3, -0.25) is 0 Å². The predicted octanol–water partition coefficient (Wildman–Crippen LogP) is 1.67. The van der Waals surface area contributed by atoms with Crippen LogP contribution < -0.4 is 5.32 Å². The first-order chi connectivity index (χ1) is 9.48. The van der Waals surface area contributed by atoms with Crippen LogP contribution in [0, 0.1) is 0 Å². The van der Waals surface area contributed by atoms with E-state index in [0.717, 1.165) is 11.4 Å². The highest BCUT2D eigenvalue weighted by atomic mass is 35.5. The van der Waals surface area contributed by atoms with E-state index in [2.05, 4.69) is 5.32 Å². The minimum atomic E-state index is -2.98. The van der Waals surface area contributed by atoms with Crippen LogP contribution in [-0.4, -0.2) is 45.2 Å². The molecule has 1 aliphatic heterocycles. The van der Waals surface area contributed by atoms with Crippen molar-refractivity contribution in [3.8, 4) is 0 Å². The number of benzene rings is 1. The second-order valence-corrected chi connectivity index (χ2v) is 7.92. The number of nitrogens with one attached hydrogen (secondary N) is 1. The fraction of sp³-hybridized carbons (Fsp3) is 0.571. The van der Waals surface area contributed by atoms with Crippen LogP contribution >= 0.6 is 11.6 Å². The van der Waals surface area contributed by atoms with Gasteiger partial charge in [0.1, 0.15) is 0 Å². The zero-order valence-corrected chi connectivity index (χ0v) is 13.1. The molecule has 1 fully saturated rings. The molecule has 0 radical (unpaired) electrons. The molecule has 0 saturated carbocycles. The first-order valence-electron chi connectivity index (χ1n) is 6.78. The zero-order chi connectivity index (χ0) is 14.6. The molecule has 1 heterocycles. The van der Waals surface area contributed by atoms with Crippen LogP contribution in [0.2, 0.25) is 5.02 Å². The van der Waals surface area contributed by atoms with Gasteiger partial charge in [-0.1, -0.05) is 30.7 Å². The van der Waals surface area contributed by atoms with Crippen LogP contribution in [0.15, 0.2) is 24.3 Å². The Morgan fingerprint density at radius 1 is 1.35 bits per heavy atom. The van der Waals surface area contributed by atoms with E-state index in [-0.39, 0.29) is 23.7 Å². The lowest BCUT2D eigenvalue weighted by Crippen LogP contribution is -2.49. The molecular weight excluding hydrogens is 298 g/mol. The Hall–Kier alpha value is -0.620. The molecule has 0 bridgehead atoms. The number of halogens is 1. The third-order valence-corrected chi connectivity index (χ3v) is 5.45. The highest BCUT2D eigenvalue weighted by Gasteiger charge is 2.25. The van der Waals surface area contributed by atoms with E-state index in [0.29, 0.717) is 13.2 Å². The lowest BCUT2D eigenvalue weighted by molar-refractivity contribution is 0.0174. The largest absolute Gasteiger partial charge is 0.374 e. The SMILES string of the molecule is CCS(=O)(=O)CC1CNC(Cc2ccc(Cl)cc2)CO1. The Kier molecular flexibility index (Phi) is 5.43. The summed E-state index contributed by atoms with van der Waals surface area (Å²) >= 11 is 5.85. The molecule has 112 valence electrons. The van der Waals surface area contributed by atoms with Crippen molar-refractivity contribution in [2.24, 2.45) is 0 Å². The first-order valence-corrected chi connectivity index (χ1v) is 8.98. The number of ether oxygens (including phenoxy) is 1. The van der Waals surface area contributed by atoms with Gasteiger partial charge in [0.05, 0.1) is 18.5 Å². The second kappa shape index (κ2) is 6.89. The molecule has 1 saturated heterocycles. The van der Waals surface area contributed by atoms with Gasteiger partial charge in [-0.2, -0.15) is 0 Å². The lowest BCUT2D eigenvalue weighted by Gasteiger charge is -2.30.